The SMILES string of the molecule is COc1ccc(N(C(=O)c2ccc(C)c([N+](=O)[O-])c2)S(=O)(=O)c2ccc(C)cc2)cc1. The topological polar surface area (TPSA) is 107 Å². The summed E-state index contributed by atoms with van der Waals surface area (Å²) in [6.45, 7) is 3.35. The van der Waals surface area contributed by atoms with Gasteiger partial charge in [-0.1, -0.05) is 23.8 Å². The second-order valence-electron chi connectivity index (χ2n) is 6.84. The number of carbonyl (C=O) groups is 1. The Morgan fingerprint density at radius 2 is 1.58 bits per heavy atom. The molecular weight excluding hydrogens is 420 g/mol. The van der Waals surface area contributed by atoms with Crippen molar-refractivity contribution < 1.29 is 22.9 Å². The van der Waals surface area contributed by atoms with Crippen molar-refractivity contribution in [3.8, 4) is 5.75 Å². The molecule has 0 saturated carbocycles. The molecule has 1 amide bonds. The number of nitro benzene ring substituents is 1. The Labute approximate surface area is 179 Å². The lowest BCUT2D eigenvalue weighted by Gasteiger charge is -2.23. The van der Waals surface area contributed by atoms with E-state index in [0.29, 0.717) is 15.6 Å². The van der Waals surface area contributed by atoms with Crippen LogP contribution in [0.4, 0.5) is 11.4 Å². The highest BCUT2D eigenvalue weighted by Crippen LogP contribution is 2.29. The Morgan fingerprint density at radius 1 is 0.968 bits per heavy atom. The van der Waals surface area contributed by atoms with E-state index in [2.05, 4.69) is 0 Å². The predicted octanol–water partition coefficient (Wildman–Crippen LogP) is 4.26. The fourth-order valence-corrected chi connectivity index (χ4v) is 4.37. The lowest BCUT2D eigenvalue weighted by Crippen LogP contribution is -2.37. The highest BCUT2D eigenvalue weighted by atomic mass is 32.2. The third-order valence-corrected chi connectivity index (χ3v) is 6.43. The van der Waals surface area contributed by atoms with E-state index in [-0.39, 0.29) is 21.8 Å². The number of hydrogen-bond acceptors (Lipinski definition) is 6. The van der Waals surface area contributed by atoms with Gasteiger partial charge in [-0.25, -0.2) is 8.42 Å². The third-order valence-electron chi connectivity index (χ3n) is 4.70. The van der Waals surface area contributed by atoms with E-state index in [1.165, 1.54) is 62.6 Å². The zero-order valence-electron chi connectivity index (χ0n) is 17.1. The molecule has 0 aliphatic carbocycles. The number of sulfonamides is 1. The van der Waals surface area contributed by atoms with Crippen LogP contribution in [-0.4, -0.2) is 26.4 Å². The normalized spacial score (nSPS) is 11.1. The first-order chi connectivity index (χ1) is 14.6. The summed E-state index contributed by atoms with van der Waals surface area (Å²) in [4.78, 5) is 24.0. The molecule has 0 heterocycles. The molecule has 31 heavy (non-hydrogen) atoms. The van der Waals surface area contributed by atoms with Crippen molar-refractivity contribution in [3.05, 3.63) is 93.5 Å². The first-order valence-electron chi connectivity index (χ1n) is 9.20. The summed E-state index contributed by atoms with van der Waals surface area (Å²) in [6.07, 6.45) is 0. The zero-order chi connectivity index (χ0) is 22.8. The van der Waals surface area contributed by atoms with Gasteiger partial charge < -0.3 is 4.74 Å². The van der Waals surface area contributed by atoms with Gasteiger partial charge >= 0.3 is 0 Å². The Hall–Kier alpha value is -3.72. The molecule has 0 saturated heterocycles. The van der Waals surface area contributed by atoms with Gasteiger partial charge in [0, 0.05) is 17.2 Å². The van der Waals surface area contributed by atoms with Crippen molar-refractivity contribution >= 4 is 27.3 Å². The largest absolute Gasteiger partial charge is 0.497 e. The number of rotatable bonds is 6. The van der Waals surface area contributed by atoms with Gasteiger partial charge in [-0.2, -0.15) is 4.31 Å². The summed E-state index contributed by atoms with van der Waals surface area (Å²) in [5, 5.41) is 11.3. The standard InChI is InChI=1S/C22H20N2O6S/c1-15-4-12-20(13-5-15)31(28,29)23(18-8-10-19(30-3)11-9-18)22(25)17-7-6-16(2)21(14-17)24(26)27/h4-14H,1-3H3. The highest BCUT2D eigenvalue weighted by Gasteiger charge is 2.32. The van der Waals surface area contributed by atoms with E-state index in [4.69, 9.17) is 4.74 Å². The third kappa shape index (κ3) is 4.41. The van der Waals surface area contributed by atoms with Gasteiger partial charge in [0.05, 0.1) is 22.6 Å². The zero-order valence-corrected chi connectivity index (χ0v) is 17.9. The first kappa shape index (κ1) is 22.0. The number of methoxy groups -OCH3 is 1. The molecule has 0 radical (unpaired) electrons. The second kappa shape index (κ2) is 8.57. The van der Waals surface area contributed by atoms with E-state index >= 15 is 0 Å². The lowest BCUT2D eigenvalue weighted by atomic mass is 10.1. The van der Waals surface area contributed by atoms with Crippen LogP contribution >= 0.6 is 0 Å². The molecule has 3 aromatic carbocycles. The molecule has 0 atom stereocenters. The van der Waals surface area contributed by atoms with Gasteiger partial charge in [-0.3, -0.25) is 14.9 Å². The summed E-state index contributed by atoms with van der Waals surface area (Å²) >= 11 is 0. The quantitative estimate of drug-likeness (QED) is 0.419. The minimum absolute atomic E-state index is 0.0783. The van der Waals surface area contributed by atoms with Gasteiger partial charge in [0.2, 0.25) is 0 Å². The Bertz CT molecular complexity index is 1240. The molecule has 3 rings (SSSR count). The van der Waals surface area contributed by atoms with E-state index < -0.39 is 20.9 Å². The van der Waals surface area contributed by atoms with Gasteiger partial charge in [0.25, 0.3) is 21.6 Å². The molecule has 0 aliphatic heterocycles. The fourth-order valence-electron chi connectivity index (χ4n) is 2.95. The molecule has 0 N–H and O–H groups in total. The molecule has 0 aliphatic rings. The predicted molar refractivity (Wildman–Crippen MR) is 116 cm³/mol. The Morgan fingerprint density at radius 3 is 2.13 bits per heavy atom. The maximum absolute atomic E-state index is 13.4. The van der Waals surface area contributed by atoms with Crippen LogP contribution < -0.4 is 9.04 Å². The fraction of sp³-hybridized carbons (Fsp3) is 0.136. The minimum Gasteiger partial charge on any atom is -0.497 e. The highest BCUT2D eigenvalue weighted by molar-refractivity contribution is 7.93. The maximum atomic E-state index is 13.4. The van der Waals surface area contributed by atoms with Gasteiger partial charge in [0.1, 0.15) is 5.75 Å². The van der Waals surface area contributed by atoms with Crippen molar-refractivity contribution in [1.29, 1.82) is 0 Å². The van der Waals surface area contributed by atoms with Crippen LogP contribution in [0.3, 0.4) is 0 Å². The number of hydrogen-bond donors (Lipinski definition) is 0. The molecule has 9 heteroatoms. The lowest BCUT2D eigenvalue weighted by molar-refractivity contribution is -0.385. The summed E-state index contributed by atoms with van der Waals surface area (Å²) in [6, 6.07) is 15.9. The van der Waals surface area contributed by atoms with Crippen molar-refractivity contribution in [2.75, 3.05) is 11.4 Å². The molecule has 3 aromatic rings. The molecule has 0 unspecified atom stereocenters. The molecule has 0 spiro atoms. The van der Waals surface area contributed by atoms with Gasteiger partial charge in [0.15, 0.2) is 0 Å². The molecule has 160 valence electrons. The molecule has 0 bridgehead atoms. The Balaban J connectivity index is 2.18. The number of ether oxygens (including phenoxy) is 1. The van der Waals surface area contributed by atoms with E-state index in [1.54, 1.807) is 12.1 Å². The van der Waals surface area contributed by atoms with Crippen molar-refractivity contribution in [1.82, 2.24) is 0 Å². The molecule has 8 nitrogen and oxygen atoms in total. The van der Waals surface area contributed by atoms with E-state index in [9.17, 15) is 23.3 Å². The second-order valence-corrected chi connectivity index (χ2v) is 8.63. The molecular formula is C22H20N2O6S. The number of carbonyl (C=O) groups excluding carboxylic acids is 1. The monoisotopic (exact) mass is 440 g/mol. The Kier molecular flexibility index (Phi) is 6.07. The number of aryl methyl sites for hydroxylation is 2. The number of nitro groups is 1. The van der Waals surface area contributed by atoms with Crippen LogP contribution in [0.25, 0.3) is 0 Å². The number of benzene rings is 3. The minimum atomic E-state index is -4.31. The number of nitrogens with zero attached hydrogens (tertiary/aromatic N) is 2. The smallest absolute Gasteiger partial charge is 0.273 e. The summed E-state index contributed by atoms with van der Waals surface area (Å²) in [7, 11) is -2.84. The maximum Gasteiger partial charge on any atom is 0.273 e. The summed E-state index contributed by atoms with van der Waals surface area (Å²) in [5.74, 6) is -0.427. The van der Waals surface area contributed by atoms with Crippen LogP contribution in [0.2, 0.25) is 0 Å². The summed E-state index contributed by atoms with van der Waals surface area (Å²) in [5.41, 5.74) is 0.904. The van der Waals surface area contributed by atoms with Gasteiger partial charge in [-0.15, -0.1) is 0 Å². The van der Waals surface area contributed by atoms with Crippen LogP contribution in [-0.2, 0) is 10.0 Å². The van der Waals surface area contributed by atoms with Crippen LogP contribution in [0.5, 0.6) is 5.75 Å². The van der Waals surface area contributed by atoms with Crippen molar-refractivity contribution in [3.63, 3.8) is 0 Å². The van der Waals surface area contributed by atoms with Crippen LogP contribution in [0.15, 0.2) is 71.6 Å². The van der Waals surface area contributed by atoms with E-state index in [1.807, 2.05) is 6.92 Å². The van der Waals surface area contributed by atoms with Crippen LogP contribution in [0.1, 0.15) is 21.5 Å². The number of anilines is 1. The number of amides is 1. The van der Waals surface area contributed by atoms with Crippen molar-refractivity contribution in [2.24, 2.45) is 0 Å². The van der Waals surface area contributed by atoms with Gasteiger partial charge in [-0.05, 0) is 56.3 Å². The van der Waals surface area contributed by atoms with Crippen LogP contribution in [0, 0.1) is 24.0 Å². The summed E-state index contributed by atoms with van der Waals surface area (Å²) < 4.78 is 32.6. The first-order valence-corrected chi connectivity index (χ1v) is 10.6. The average molecular weight is 440 g/mol. The van der Waals surface area contributed by atoms with Crippen molar-refractivity contribution in [2.45, 2.75) is 18.7 Å². The molecule has 0 aromatic heterocycles. The average Bonchev–Trinajstić information content (AvgIpc) is 2.74. The van der Waals surface area contributed by atoms with E-state index in [0.717, 1.165) is 11.6 Å². The molecule has 0 fully saturated rings.